The lowest BCUT2D eigenvalue weighted by Crippen LogP contribution is -1.99. The zero-order valence-corrected chi connectivity index (χ0v) is 11.3. The minimum Gasteiger partial charge on any atom is -0.487 e. The fraction of sp³-hybridized carbons (Fsp3) is 0.118. The molecular weight excluding hydrogens is 248 g/mol. The first kappa shape index (κ1) is 12.5. The van der Waals surface area contributed by atoms with Gasteiger partial charge in [-0.3, -0.25) is 4.98 Å². The van der Waals surface area contributed by atoms with Gasteiger partial charge in [-0.05, 0) is 23.6 Å². The third-order valence-corrected chi connectivity index (χ3v) is 3.23. The molecule has 0 amide bonds. The fourth-order valence-electron chi connectivity index (χ4n) is 2.19. The van der Waals surface area contributed by atoms with Crippen molar-refractivity contribution in [2.45, 2.75) is 6.61 Å². The van der Waals surface area contributed by atoms with Crippen molar-refractivity contribution in [1.29, 1.82) is 0 Å². The molecule has 0 aliphatic rings. The molecule has 3 aromatic rings. The van der Waals surface area contributed by atoms with Crippen LogP contribution < -0.4 is 10.1 Å². The van der Waals surface area contributed by atoms with E-state index in [1.54, 1.807) is 6.20 Å². The van der Waals surface area contributed by atoms with Gasteiger partial charge in [-0.1, -0.05) is 36.4 Å². The van der Waals surface area contributed by atoms with Gasteiger partial charge in [-0.15, -0.1) is 0 Å². The van der Waals surface area contributed by atoms with E-state index < -0.39 is 0 Å². The standard InChI is InChI=1S/C17H16N2O/c1-18-14-9-10-19-15(11-14)12-20-17-8-4-6-13-5-2-3-7-16(13)17/h2-11H,12H2,1H3,(H,18,19). The number of nitrogens with zero attached hydrogens (tertiary/aromatic N) is 1. The molecule has 0 unspecified atom stereocenters. The number of benzene rings is 2. The van der Waals surface area contributed by atoms with Crippen LogP contribution in [0, 0.1) is 0 Å². The van der Waals surface area contributed by atoms with Crippen LogP contribution in [0.15, 0.2) is 60.8 Å². The average Bonchev–Trinajstić information content (AvgIpc) is 2.53. The fourth-order valence-corrected chi connectivity index (χ4v) is 2.19. The van der Waals surface area contributed by atoms with E-state index in [9.17, 15) is 0 Å². The van der Waals surface area contributed by atoms with Gasteiger partial charge in [-0.25, -0.2) is 0 Å². The van der Waals surface area contributed by atoms with E-state index in [1.807, 2.05) is 43.4 Å². The minimum absolute atomic E-state index is 0.462. The molecular formula is C17H16N2O. The lowest BCUT2D eigenvalue weighted by Gasteiger charge is -2.09. The van der Waals surface area contributed by atoms with Crippen molar-refractivity contribution in [3.63, 3.8) is 0 Å². The van der Waals surface area contributed by atoms with Crippen molar-refractivity contribution in [2.75, 3.05) is 12.4 Å². The van der Waals surface area contributed by atoms with Crippen molar-refractivity contribution in [2.24, 2.45) is 0 Å². The highest BCUT2D eigenvalue weighted by Gasteiger charge is 2.02. The molecule has 3 rings (SSSR count). The number of anilines is 1. The molecule has 3 heteroatoms. The summed E-state index contributed by atoms with van der Waals surface area (Å²) in [5, 5.41) is 5.41. The largest absolute Gasteiger partial charge is 0.487 e. The molecule has 0 bridgehead atoms. The summed E-state index contributed by atoms with van der Waals surface area (Å²) in [4.78, 5) is 4.32. The van der Waals surface area contributed by atoms with Gasteiger partial charge in [-0.2, -0.15) is 0 Å². The van der Waals surface area contributed by atoms with Crippen LogP contribution in [-0.2, 0) is 6.61 Å². The predicted molar refractivity (Wildman–Crippen MR) is 82.1 cm³/mol. The predicted octanol–water partition coefficient (Wildman–Crippen LogP) is 3.86. The van der Waals surface area contributed by atoms with Crippen LogP contribution in [0.2, 0.25) is 0 Å². The molecule has 20 heavy (non-hydrogen) atoms. The van der Waals surface area contributed by atoms with E-state index in [1.165, 1.54) is 5.39 Å². The van der Waals surface area contributed by atoms with E-state index in [2.05, 4.69) is 28.5 Å². The highest BCUT2D eigenvalue weighted by atomic mass is 16.5. The molecule has 3 nitrogen and oxygen atoms in total. The number of hydrogen-bond acceptors (Lipinski definition) is 3. The van der Waals surface area contributed by atoms with Gasteiger partial charge in [0.25, 0.3) is 0 Å². The maximum Gasteiger partial charge on any atom is 0.130 e. The second-order valence-electron chi connectivity index (χ2n) is 4.55. The van der Waals surface area contributed by atoms with Gasteiger partial charge in [0.15, 0.2) is 0 Å². The van der Waals surface area contributed by atoms with Crippen LogP contribution in [0.1, 0.15) is 5.69 Å². The molecule has 0 spiro atoms. The third kappa shape index (κ3) is 2.57. The van der Waals surface area contributed by atoms with Crippen LogP contribution in [-0.4, -0.2) is 12.0 Å². The topological polar surface area (TPSA) is 34.2 Å². The molecule has 0 atom stereocenters. The average molecular weight is 264 g/mol. The Kier molecular flexibility index (Phi) is 3.50. The van der Waals surface area contributed by atoms with E-state index in [-0.39, 0.29) is 0 Å². The SMILES string of the molecule is CNc1ccnc(COc2cccc3ccccc23)c1. The second-order valence-corrected chi connectivity index (χ2v) is 4.55. The molecule has 1 N–H and O–H groups in total. The second kappa shape index (κ2) is 5.61. The Morgan fingerprint density at radius 2 is 1.90 bits per heavy atom. The van der Waals surface area contributed by atoms with Gasteiger partial charge in [0.1, 0.15) is 12.4 Å². The van der Waals surface area contributed by atoms with Crippen molar-refractivity contribution in [3.05, 3.63) is 66.5 Å². The smallest absolute Gasteiger partial charge is 0.130 e. The van der Waals surface area contributed by atoms with Crippen LogP contribution in [0.4, 0.5) is 5.69 Å². The molecule has 1 heterocycles. The van der Waals surface area contributed by atoms with Crippen LogP contribution in [0.5, 0.6) is 5.75 Å². The van der Waals surface area contributed by atoms with Crippen molar-refractivity contribution in [1.82, 2.24) is 4.98 Å². The summed E-state index contributed by atoms with van der Waals surface area (Å²) in [6, 6.07) is 18.2. The van der Waals surface area contributed by atoms with Crippen LogP contribution >= 0.6 is 0 Å². The first-order valence-corrected chi connectivity index (χ1v) is 6.60. The minimum atomic E-state index is 0.462. The quantitative estimate of drug-likeness (QED) is 0.777. The highest BCUT2D eigenvalue weighted by molar-refractivity contribution is 5.88. The summed E-state index contributed by atoms with van der Waals surface area (Å²) in [6.45, 7) is 0.462. The zero-order chi connectivity index (χ0) is 13.8. The van der Waals surface area contributed by atoms with Crippen LogP contribution in [0.3, 0.4) is 0 Å². The van der Waals surface area contributed by atoms with Gasteiger partial charge in [0.05, 0.1) is 5.69 Å². The summed E-state index contributed by atoms with van der Waals surface area (Å²) in [5.74, 6) is 0.889. The number of nitrogens with one attached hydrogen (secondary N) is 1. The van der Waals surface area contributed by atoms with Crippen molar-refractivity contribution in [3.8, 4) is 5.75 Å². The number of ether oxygens (including phenoxy) is 1. The number of pyridine rings is 1. The van der Waals surface area contributed by atoms with Crippen LogP contribution in [0.25, 0.3) is 10.8 Å². The molecule has 1 aromatic heterocycles. The van der Waals surface area contributed by atoms with E-state index >= 15 is 0 Å². The number of hydrogen-bond donors (Lipinski definition) is 1. The lowest BCUT2D eigenvalue weighted by atomic mass is 10.1. The number of aromatic nitrogens is 1. The summed E-state index contributed by atoms with van der Waals surface area (Å²) >= 11 is 0. The van der Waals surface area contributed by atoms with E-state index in [0.717, 1.165) is 22.5 Å². The molecule has 0 saturated carbocycles. The Morgan fingerprint density at radius 1 is 1.05 bits per heavy atom. The van der Waals surface area contributed by atoms with Crippen molar-refractivity contribution >= 4 is 16.5 Å². The molecule has 0 radical (unpaired) electrons. The summed E-state index contributed by atoms with van der Waals surface area (Å²) in [7, 11) is 1.89. The normalized spacial score (nSPS) is 10.4. The summed E-state index contributed by atoms with van der Waals surface area (Å²) in [5.41, 5.74) is 1.95. The Bertz CT molecular complexity index is 720. The summed E-state index contributed by atoms with van der Waals surface area (Å²) < 4.78 is 5.91. The lowest BCUT2D eigenvalue weighted by molar-refractivity contribution is 0.305. The number of rotatable bonds is 4. The molecule has 0 aliphatic carbocycles. The Morgan fingerprint density at radius 3 is 2.80 bits per heavy atom. The zero-order valence-electron chi connectivity index (χ0n) is 11.3. The van der Waals surface area contributed by atoms with Gasteiger partial charge >= 0.3 is 0 Å². The molecule has 100 valence electrons. The third-order valence-electron chi connectivity index (χ3n) is 3.23. The monoisotopic (exact) mass is 264 g/mol. The summed E-state index contributed by atoms with van der Waals surface area (Å²) in [6.07, 6.45) is 1.79. The highest BCUT2D eigenvalue weighted by Crippen LogP contribution is 2.25. The number of fused-ring (bicyclic) bond motifs is 1. The molecule has 0 fully saturated rings. The van der Waals surface area contributed by atoms with Crippen molar-refractivity contribution < 1.29 is 4.74 Å². The maximum absolute atomic E-state index is 5.91. The molecule has 0 saturated heterocycles. The Balaban J connectivity index is 1.83. The molecule has 0 aliphatic heterocycles. The maximum atomic E-state index is 5.91. The first-order valence-electron chi connectivity index (χ1n) is 6.60. The first-order chi connectivity index (χ1) is 9.86. The molecule has 2 aromatic carbocycles. The van der Waals surface area contributed by atoms with E-state index in [0.29, 0.717) is 6.61 Å². The van der Waals surface area contributed by atoms with Gasteiger partial charge in [0, 0.05) is 24.3 Å². The van der Waals surface area contributed by atoms with Gasteiger partial charge in [0.2, 0.25) is 0 Å². The van der Waals surface area contributed by atoms with Gasteiger partial charge < -0.3 is 10.1 Å². The Hall–Kier alpha value is -2.55. The van der Waals surface area contributed by atoms with E-state index in [4.69, 9.17) is 4.74 Å². The Labute approximate surface area is 118 Å².